The molecule has 1 aromatic heterocycles. The van der Waals surface area contributed by atoms with Crippen LogP contribution in [0.5, 0.6) is 0 Å². The number of hydrogen-bond donors (Lipinski definition) is 0. The minimum atomic E-state index is 1.04. The third-order valence-corrected chi connectivity index (χ3v) is 5.15. The van der Waals surface area contributed by atoms with Crippen LogP contribution in [0.1, 0.15) is 5.56 Å². The van der Waals surface area contributed by atoms with Crippen molar-refractivity contribution in [3.63, 3.8) is 0 Å². The van der Waals surface area contributed by atoms with Crippen LogP contribution < -0.4 is 0 Å². The molecule has 0 amide bonds. The van der Waals surface area contributed by atoms with Crippen LogP contribution in [-0.2, 0) is 5.75 Å². The van der Waals surface area contributed by atoms with Crippen LogP contribution in [0.3, 0.4) is 0 Å². The maximum Gasteiger partial charge on any atom is 0.0608 e. The predicted molar refractivity (Wildman–Crippen MR) is 85.8 cm³/mol. The summed E-state index contributed by atoms with van der Waals surface area (Å²) in [7, 11) is 0. The highest BCUT2D eigenvalue weighted by atomic mass is 32.2. The molecular formula is C17H14S2. The molecule has 0 nitrogen and oxygen atoms in total. The maximum absolute atomic E-state index is 2.29. The predicted octanol–water partition coefficient (Wildman–Crippen LogP) is 5.71. The van der Waals surface area contributed by atoms with Gasteiger partial charge in [-0.15, -0.1) is 23.1 Å². The van der Waals surface area contributed by atoms with E-state index in [1.165, 1.54) is 20.9 Å². The van der Waals surface area contributed by atoms with Gasteiger partial charge in [0, 0.05) is 5.75 Å². The van der Waals surface area contributed by atoms with Crippen LogP contribution in [0.25, 0.3) is 11.1 Å². The van der Waals surface area contributed by atoms with Crippen LogP contribution in [-0.4, -0.2) is 0 Å². The highest BCUT2D eigenvalue weighted by Crippen LogP contribution is 2.33. The fraction of sp³-hybridized carbons (Fsp3) is 0.0588. The first-order valence-electron chi connectivity index (χ1n) is 6.22. The van der Waals surface area contributed by atoms with Gasteiger partial charge in [0.1, 0.15) is 0 Å². The van der Waals surface area contributed by atoms with Gasteiger partial charge in [-0.2, -0.15) is 0 Å². The molecule has 3 aromatic rings. The van der Waals surface area contributed by atoms with E-state index in [0.717, 1.165) is 5.75 Å². The van der Waals surface area contributed by atoms with E-state index in [2.05, 4.69) is 72.1 Å². The van der Waals surface area contributed by atoms with E-state index in [-0.39, 0.29) is 0 Å². The molecule has 0 bridgehead atoms. The van der Waals surface area contributed by atoms with Gasteiger partial charge in [-0.25, -0.2) is 0 Å². The Morgan fingerprint density at radius 1 is 0.789 bits per heavy atom. The van der Waals surface area contributed by atoms with Gasteiger partial charge in [0.15, 0.2) is 0 Å². The molecule has 94 valence electrons. The topological polar surface area (TPSA) is 0 Å². The SMILES string of the molecule is c1ccc(CSc2cc(-c3ccccc3)cs2)cc1. The number of benzene rings is 2. The third kappa shape index (κ3) is 3.28. The van der Waals surface area contributed by atoms with E-state index in [1.54, 1.807) is 0 Å². The Morgan fingerprint density at radius 2 is 1.47 bits per heavy atom. The number of thioether (sulfide) groups is 1. The van der Waals surface area contributed by atoms with Crippen LogP contribution in [0.15, 0.2) is 76.3 Å². The average Bonchev–Trinajstić information content (AvgIpc) is 2.96. The summed E-state index contributed by atoms with van der Waals surface area (Å²) in [4.78, 5) is 0. The third-order valence-electron chi connectivity index (χ3n) is 2.91. The van der Waals surface area contributed by atoms with Gasteiger partial charge in [-0.05, 0) is 28.1 Å². The van der Waals surface area contributed by atoms with Gasteiger partial charge >= 0.3 is 0 Å². The first-order valence-corrected chi connectivity index (χ1v) is 8.09. The Hall–Kier alpha value is -1.51. The van der Waals surface area contributed by atoms with Crippen molar-refractivity contribution in [1.29, 1.82) is 0 Å². The van der Waals surface area contributed by atoms with Crippen molar-refractivity contribution in [3.05, 3.63) is 77.7 Å². The maximum atomic E-state index is 2.29. The Kier molecular flexibility index (Phi) is 4.01. The molecule has 19 heavy (non-hydrogen) atoms. The molecule has 0 aliphatic carbocycles. The summed E-state index contributed by atoms with van der Waals surface area (Å²) in [6, 6.07) is 23.5. The lowest BCUT2D eigenvalue weighted by atomic mass is 10.1. The summed E-state index contributed by atoms with van der Waals surface area (Å²) in [5, 5.41) is 2.24. The molecular weight excluding hydrogens is 268 g/mol. The van der Waals surface area contributed by atoms with E-state index >= 15 is 0 Å². The van der Waals surface area contributed by atoms with Crippen molar-refractivity contribution in [3.8, 4) is 11.1 Å². The molecule has 0 aliphatic rings. The molecule has 0 radical (unpaired) electrons. The Labute approximate surface area is 122 Å². The quantitative estimate of drug-likeness (QED) is 0.552. The fourth-order valence-corrected chi connectivity index (χ4v) is 3.85. The first-order chi connectivity index (χ1) is 9.42. The molecule has 0 saturated carbocycles. The van der Waals surface area contributed by atoms with Crippen molar-refractivity contribution >= 4 is 23.1 Å². The second-order valence-corrected chi connectivity index (χ2v) is 6.48. The van der Waals surface area contributed by atoms with E-state index in [4.69, 9.17) is 0 Å². The van der Waals surface area contributed by atoms with Gasteiger partial charge < -0.3 is 0 Å². The molecule has 3 rings (SSSR count). The lowest BCUT2D eigenvalue weighted by Crippen LogP contribution is -1.76. The highest BCUT2D eigenvalue weighted by Gasteiger charge is 2.03. The minimum absolute atomic E-state index is 1.04. The number of rotatable bonds is 4. The summed E-state index contributed by atoms with van der Waals surface area (Å²) < 4.78 is 1.38. The van der Waals surface area contributed by atoms with Gasteiger partial charge in [0.25, 0.3) is 0 Å². The molecule has 0 fully saturated rings. The average molecular weight is 282 g/mol. The van der Waals surface area contributed by atoms with Crippen molar-refractivity contribution in [2.45, 2.75) is 9.96 Å². The summed E-state index contributed by atoms with van der Waals surface area (Å²) in [5.74, 6) is 1.04. The zero-order valence-corrected chi connectivity index (χ0v) is 12.1. The van der Waals surface area contributed by atoms with Crippen LogP contribution in [0, 0.1) is 0 Å². The lowest BCUT2D eigenvalue weighted by Gasteiger charge is -1.98. The van der Waals surface area contributed by atoms with E-state index in [0.29, 0.717) is 0 Å². The Balaban J connectivity index is 1.69. The standard InChI is InChI=1S/C17H14S2/c1-3-7-14(8-4-1)12-18-17-11-16(13-19-17)15-9-5-2-6-10-15/h1-11,13H,12H2. The monoisotopic (exact) mass is 282 g/mol. The molecule has 0 unspecified atom stereocenters. The smallest absolute Gasteiger partial charge is 0.0608 e. The lowest BCUT2D eigenvalue weighted by molar-refractivity contribution is 1.41. The summed E-state index contributed by atoms with van der Waals surface area (Å²) in [6.45, 7) is 0. The van der Waals surface area contributed by atoms with E-state index in [9.17, 15) is 0 Å². The molecule has 0 atom stereocenters. The Bertz CT molecular complexity index is 627. The van der Waals surface area contributed by atoms with Gasteiger partial charge in [-0.1, -0.05) is 60.7 Å². The van der Waals surface area contributed by atoms with Gasteiger partial charge in [0.2, 0.25) is 0 Å². The van der Waals surface area contributed by atoms with Gasteiger partial charge in [0.05, 0.1) is 4.21 Å². The van der Waals surface area contributed by atoms with E-state index < -0.39 is 0 Å². The highest BCUT2D eigenvalue weighted by molar-refractivity contribution is 8.00. The van der Waals surface area contributed by atoms with Crippen LogP contribution in [0.4, 0.5) is 0 Å². The molecule has 2 aromatic carbocycles. The van der Waals surface area contributed by atoms with Gasteiger partial charge in [-0.3, -0.25) is 0 Å². The van der Waals surface area contributed by atoms with Crippen molar-refractivity contribution < 1.29 is 0 Å². The number of hydrogen-bond acceptors (Lipinski definition) is 2. The first kappa shape index (κ1) is 12.5. The van der Waals surface area contributed by atoms with Crippen LogP contribution >= 0.6 is 23.1 Å². The fourth-order valence-electron chi connectivity index (χ4n) is 1.90. The molecule has 0 spiro atoms. The molecule has 0 aliphatic heterocycles. The second-order valence-electron chi connectivity index (χ2n) is 4.29. The molecule has 2 heteroatoms. The zero-order valence-electron chi connectivity index (χ0n) is 10.5. The summed E-state index contributed by atoms with van der Waals surface area (Å²) >= 11 is 3.73. The second kappa shape index (κ2) is 6.09. The summed E-state index contributed by atoms with van der Waals surface area (Å²) in [6.07, 6.45) is 0. The molecule has 0 N–H and O–H groups in total. The number of thiophene rings is 1. The zero-order chi connectivity index (χ0) is 12.9. The van der Waals surface area contributed by atoms with Crippen LogP contribution in [0.2, 0.25) is 0 Å². The largest absolute Gasteiger partial charge is 0.137 e. The van der Waals surface area contributed by atoms with Crippen molar-refractivity contribution in [2.75, 3.05) is 0 Å². The van der Waals surface area contributed by atoms with Crippen molar-refractivity contribution in [2.24, 2.45) is 0 Å². The minimum Gasteiger partial charge on any atom is -0.137 e. The Morgan fingerprint density at radius 3 is 2.21 bits per heavy atom. The summed E-state index contributed by atoms with van der Waals surface area (Å²) in [5.41, 5.74) is 3.99. The molecule has 1 heterocycles. The van der Waals surface area contributed by atoms with E-state index in [1.807, 2.05) is 23.1 Å². The van der Waals surface area contributed by atoms with Crippen molar-refractivity contribution in [1.82, 2.24) is 0 Å². The molecule has 0 saturated heterocycles. The normalized spacial score (nSPS) is 10.5.